The number of carbonyl (C=O) groups excluding carboxylic acids is 2. The number of phosphoric ester groups is 1. The molecule has 1 aromatic carbocycles. The van der Waals surface area contributed by atoms with Gasteiger partial charge in [0.25, 0.3) is 0 Å². The maximum atomic E-state index is 12.3. The van der Waals surface area contributed by atoms with Crippen LogP contribution in [0, 0.1) is 5.92 Å². The standard InChI is InChI=1S/C34H54BN2O14PS/c1-22(39)37-28-30(41)29(40)25(19-38)50-33(28)46-18-12-10-16-27(53)36-17-11-5-3-4-9-15-24-31(51-52(43,44)45-2)26(49-32(24)35)21-48-34(42)47-20-23-13-7-6-8-14-23/h4,6-9,13-14,24-26,28-33,38,40-41H,3,5,10-12,15-21,35H2,1-2H3,(H,36,53)(H,37,39)(H,43,44)/b9-4+/t24-,25+,26+,28+,29-,30+,31?,32+,33+/m0/s1. The van der Waals surface area contributed by atoms with E-state index in [1.54, 1.807) is 0 Å². The SMILES string of the molecule is B[C@@H]1O[C@H](COC(=O)OCc2ccccc2)C(OP(=O)(O)OC)[C@@H]1C/C=C/CCCCNC(=S)CCCCO[C@@H]1O[C@H](CO)[C@H](O)[C@H](O)[C@H]1NC(C)=O. The van der Waals surface area contributed by atoms with E-state index in [0.717, 1.165) is 43.3 Å². The van der Waals surface area contributed by atoms with E-state index in [-0.39, 0.29) is 31.7 Å². The van der Waals surface area contributed by atoms with Gasteiger partial charge in [-0.05, 0) is 50.5 Å². The van der Waals surface area contributed by atoms with Crippen molar-refractivity contribution in [2.45, 2.75) is 107 Å². The van der Waals surface area contributed by atoms with Crippen molar-refractivity contribution in [2.75, 3.05) is 33.5 Å². The fourth-order valence-corrected chi connectivity index (χ4v) is 6.91. The number of benzene rings is 1. The molecule has 0 aliphatic carbocycles. The Morgan fingerprint density at radius 3 is 2.49 bits per heavy atom. The number of allylic oxidation sites excluding steroid dienone is 2. The Morgan fingerprint density at radius 2 is 1.79 bits per heavy atom. The van der Waals surface area contributed by atoms with Gasteiger partial charge in [0.1, 0.15) is 57.6 Å². The van der Waals surface area contributed by atoms with Crippen LogP contribution in [0.3, 0.4) is 0 Å². The third kappa shape index (κ3) is 15.7. The second-order valence-corrected chi connectivity index (χ2v) is 14.9. The molecule has 1 amide bonds. The van der Waals surface area contributed by atoms with E-state index in [0.29, 0.717) is 25.8 Å². The van der Waals surface area contributed by atoms with Crippen molar-refractivity contribution in [2.24, 2.45) is 5.92 Å². The molecule has 2 fully saturated rings. The van der Waals surface area contributed by atoms with E-state index in [4.69, 9.17) is 40.4 Å². The van der Waals surface area contributed by atoms with Crippen molar-refractivity contribution >= 4 is 44.9 Å². The maximum absolute atomic E-state index is 12.3. The number of hydrogen-bond acceptors (Lipinski definition) is 14. The molecule has 2 aliphatic heterocycles. The van der Waals surface area contributed by atoms with Crippen LogP contribution in [0.2, 0.25) is 0 Å². The Hall–Kier alpha value is -2.48. The molecule has 0 saturated carbocycles. The Morgan fingerprint density at radius 1 is 1.04 bits per heavy atom. The molecule has 0 bridgehead atoms. The van der Waals surface area contributed by atoms with E-state index in [1.807, 2.05) is 50.3 Å². The maximum Gasteiger partial charge on any atom is 0.508 e. The van der Waals surface area contributed by atoms with Crippen LogP contribution >= 0.6 is 20.0 Å². The molecule has 2 unspecified atom stereocenters. The Kier molecular flexibility index (Phi) is 19.9. The number of aliphatic hydroxyl groups is 3. The molecule has 1 aromatic rings. The highest BCUT2D eigenvalue weighted by atomic mass is 32.1. The number of thiocarbonyl (C=S) groups is 1. The lowest BCUT2D eigenvalue weighted by Crippen LogP contribution is -2.64. The topological polar surface area (TPSA) is 221 Å². The molecule has 10 atom stereocenters. The molecule has 6 N–H and O–H groups in total. The summed E-state index contributed by atoms with van der Waals surface area (Å²) in [5.74, 6) is -0.713. The first-order valence-corrected chi connectivity index (χ1v) is 19.7. The third-order valence-corrected chi connectivity index (χ3v) is 10.2. The van der Waals surface area contributed by atoms with Gasteiger partial charge in [0, 0.05) is 39.1 Å². The Labute approximate surface area is 316 Å². The Bertz CT molecular complexity index is 1350. The van der Waals surface area contributed by atoms with Crippen molar-refractivity contribution in [3.8, 4) is 0 Å². The number of amides is 1. The van der Waals surface area contributed by atoms with Crippen molar-refractivity contribution in [3.63, 3.8) is 0 Å². The quantitative estimate of drug-likeness (QED) is 0.0246. The molecular weight excluding hydrogens is 734 g/mol. The monoisotopic (exact) mass is 788 g/mol. The predicted octanol–water partition coefficient (Wildman–Crippen LogP) is 1.61. The zero-order valence-electron chi connectivity index (χ0n) is 30.4. The average molecular weight is 789 g/mol. The third-order valence-electron chi connectivity index (χ3n) is 8.86. The number of nitrogens with one attached hydrogen (secondary N) is 2. The highest BCUT2D eigenvalue weighted by Gasteiger charge is 2.47. The average Bonchev–Trinajstić information content (AvgIpc) is 3.42. The number of aliphatic hydroxyl groups excluding tert-OH is 3. The molecule has 2 heterocycles. The van der Waals surface area contributed by atoms with Crippen LogP contribution in [-0.4, -0.2) is 127 Å². The molecule has 2 aliphatic rings. The molecule has 19 heteroatoms. The summed E-state index contributed by atoms with van der Waals surface area (Å²) in [6.45, 7) is 1.56. The van der Waals surface area contributed by atoms with Gasteiger partial charge in [-0.25, -0.2) is 9.36 Å². The van der Waals surface area contributed by atoms with Crippen molar-refractivity contribution in [3.05, 3.63) is 48.0 Å². The van der Waals surface area contributed by atoms with Crippen LogP contribution in [0.1, 0.15) is 57.4 Å². The van der Waals surface area contributed by atoms with Gasteiger partial charge in [0.05, 0.1) is 11.6 Å². The van der Waals surface area contributed by atoms with E-state index in [2.05, 4.69) is 15.2 Å². The summed E-state index contributed by atoms with van der Waals surface area (Å²) in [5, 5.41) is 35.7. The van der Waals surface area contributed by atoms with Crippen molar-refractivity contribution in [1.29, 1.82) is 0 Å². The number of phosphoric acid groups is 1. The molecular formula is C34H54BN2O14PS. The number of rotatable bonds is 22. The number of unbranched alkanes of at least 4 members (excludes halogenated alkanes) is 3. The lowest BCUT2D eigenvalue weighted by molar-refractivity contribution is -0.270. The van der Waals surface area contributed by atoms with Gasteiger partial charge in [0.15, 0.2) is 6.29 Å². The number of hydrogen-bond donors (Lipinski definition) is 6. The molecule has 0 radical (unpaired) electrons. The highest BCUT2D eigenvalue weighted by Crippen LogP contribution is 2.48. The molecule has 0 spiro atoms. The first-order valence-electron chi connectivity index (χ1n) is 17.8. The van der Waals surface area contributed by atoms with E-state index in [9.17, 15) is 34.4 Å². The van der Waals surface area contributed by atoms with Crippen LogP contribution < -0.4 is 10.6 Å². The van der Waals surface area contributed by atoms with Gasteiger partial charge in [-0.15, -0.1) is 0 Å². The number of carbonyl (C=O) groups is 2. The van der Waals surface area contributed by atoms with Gasteiger partial charge in [-0.3, -0.25) is 13.8 Å². The minimum atomic E-state index is -4.36. The van der Waals surface area contributed by atoms with Gasteiger partial charge in [-0.2, -0.15) is 0 Å². The molecule has 0 aromatic heterocycles. The normalized spacial score (nSPS) is 28.3. The summed E-state index contributed by atoms with van der Waals surface area (Å²) in [7, 11) is -1.45. The van der Waals surface area contributed by atoms with Crippen molar-refractivity contribution in [1.82, 2.24) is 10.6 Å². The zero-order chi connectivity index (χ0) is 38.8. The molecule has 3 rings (SSSR count). The lowest BCUT2D eigenvalue weighted by atomic mass is 9.82. The van der Waals surface area contributed by atoms with Crippen LogP contribution in [0.5, 0.6) is 0 Å². The first kappa shape index (κ1) is 44.9. The summed E-state index contributed by atoms with van der Waals surface area (Å²) in [6, 6.07) is 7.82. The van der Waals surface area contributed by atoms with E-state index in [1.165, 1.54) is 6.92 Å². The minimum Gasteiger partial charge on any atom is -0.431 e. The fraction of sp³-hybridized carbons (Fsp3) is 0.676. The summed E-state index contributed by atoms with van der Waals surface area (Å²) in [4.78, 5) is 34.5. The summed E-state index contributed by atoms with van der Waals surface area (Å²) < 4.78 is 50.1. The Balaban J connectivity index is 1.31. The summed E-state index contributed by atoms with van der Waals surface area (Å²) in [6.07, 6.45) is 1.80. The number of ether oxygens (including phenoxy) is 5. The molecule has 16 nitrogen and oxygen atoms in total. The van der Waals surface area contributed by atoms with Gasteiger partial charge in [0.2, 0.25) is 5.91 Å². The summed E-state index contributed by atoms with van der Waals surface area (Å²) >= 11 is 5.45. The van der Waals surface area contributed by atoms with Crippen LogP contribution in [0.25, 0.3) is 0 Å². The fourth-order valence-electron chi connectivity index (χ4n) is 5.98. The van der Waals surface area contributed by atoms with E-state index >= 15 is 0 Å². The smallest absolute Gasteiger partial charge is 0.431 e. The molecule has 298 valence electrons. The molecule has 2 saturated heterocycles. The van der Waals surface area contributed by atoms with Gasteiger partial charge < -0.3 is 54.5 Å². The lowest BCUT2D eigenvalue weighted by Gasteiger charge is -2.42. The first-order chi connectivity index (χ1) is 25.3. The van der Waals surface area contributed by atoms with Gasteiger partial charge in [-0.1, -0.05) is 54.7 Å². The van der Waals surface area contributed by atoms with Crippen LogP contribution in [0.4, 0.5) is 4.79 Å². The van der Waals surface area contributed by atoms with E-state index < -0.39 is 69.3 Å². The van der Waals surface area contributed by atoms with Crippen molar-refractivity contribution < 1.29 is 67.1 Å². The largest absolute Gasteiger partial charge is 0.508 e. The second-order valence-electron chi connectivity index (χ2n) is 12.9. The zero-order valence-corrected chi connectivity index (χ0v) is 32.2. The van der Waals surface area contributed by atoms with Crippen LogP contribution in [-0.2, 0) is 48.7 Å². The molecule has 53 heavy (non-hydrogen) atoms. The summed E-state index contributed by atoms with van der Waals surface area (Å²) in [5.41, 5.74) is 0.802. The predicted molar refractivity (Wildman–Crippen MR) is 198 cm³/mol. The minimum absolute atomic E-state index is 0.0413. The second kappa shape index (κ2) is 23.4. The van der Waals surface area contributed by atoms with Crippen LogP contribution in [0.15, 0.2) is 42.5 Å². The van der Waals surface area contributed by atoms with Gasteiger partial charge >= 0.3 is 14.0 Å². The highest BCUT2D eigenvalue weighted by molar-refractivity contribution is 7.80.